The normalized spacial score (nSPS) is 12.3. The first kappa shape index (κ1) is 15.5. The number of aliphatic hydroxyl groups is 1. The summed E-state index contributed by atoms with van der Waals surface area (Å²) in [7, 11) is 2.01. The number of urea groups is 1. The van der Waals surface area contributed by atoms with Crippen molar-refractivity contribution in [3.8, 4) is 0 Å². The van der Waals surface area contributed by atoms with Crippen LogP contribution in [0.5, 0.6) is 0 Å². The standard InChI is InChI=1S/C14H23N3O2/c1-4-17(3)10-9-15-14(19)16-13-7-5-12(6-8-13)11(2)18/h5-8,11,18H,4,9-10H2,1-3H3,(H2,15,16,19). The summed E-state index contributed by atoms with van der Waals surface area (Å²) < 4.78 is 0. The van der Waals surface area contributed by atoms with Gasteiger partial charge in [-0.3, -0.25) is 0 Å². The Hall–Kier alpha value is -1.59. The second-order valence-electron chi connectivity index (χ2n) is 4.57. The van der Waals surface area contributed by atoms with Crippen LogP contribution < -0.4 is 10.6 Å². The minimum absolute atomic E-state index is 0.214. The van der Waals surface area contributed by atoms with Gasteiger partial charge in [0.25, 0.3) is 0 Å². The predicted molar refractivity (Wildman–Crippen MR) is 77.3 cm³/mol. The first-order chi connectivity index (χ1) is 9.02. The monoisotopic (exact) mass is 265 g/mol. The maximum absolute atomic E-state index is 11.6. The fourth-order valence-electron chi connectivity index (χ4n) is 1.54. The second kappa shape index (κ2) is 7.76. The first-order valence-electron chi connectivity index (χ1n) is 6.54. The molecule has 106 valence electrons. The van der Waals surface area contributed by atoms with Crippen LogP contribution >= 0.6 is 0 Å². The van der Waals surface area contributed by atoms with Crippen molar-refractivity contribution in [2.45, 2.75) is 20.0 Å². The van der Waals surface area contributed by atoms with Crippen LogP contribution in [0.15, 0.2) is 24.3 Å². The van der Waals surface area contributed by atoms with Gasteiger partial charge in [-0.25, -0.2) is 4.79 Å². The van der Waals surface area contributed by atoms with Gasteiger partial charge in [0, 0.05) is 18.8 Å². The molecule has 0 aliphatic heterocycles. The molecule has 0 spiro atoms. The zero-order chi connectivity index (χ0) is 14.3. The van der Waals surface area contributed by atoms with E-state index in [-0.39, 0.29) is 6.03 Å². The van der Waals surface area contributed by atoms with E-state index in [9.17, 15) is 9.90 Å². The van der Waals surface area contributed by atoms with Gasteiger partial charge in [0.15, 0.2) is 0 Å². The third-order valence-electron chi connectivity index (χ3n) is 2.97. The molecule has 1 rings (SSSR count). The fourth-order valence-corrected chi connectivity index (χ4v) is 1.54. The van der Waals surface area contributed by atoms with Gasteiger partial charge in [-0.15, -0.1) is 0 Å². The van der Waals surface area contributed by atoms with Crippen LogP contribution in [0.3, 0.4) is 0 Å². The molecule has 5 heteroatoms. The SMILES string of the molecule is CCN(C)CCNC(=O)Nc1ccc(C(C)O)cc1. The van der Waals surface area contributed by atoms with Crippen LogP contribution in [0.1, 0.15) is 25.5 Å². The Morgan fingerprint density at radius 3 is 2.53 bits per heavy atom. The second-order valence-corrected chi connectivity index (χ2v) is 4.57. The third kappa shape index (κ3) is 5.72. The molecule has 0 saturated heterocycles. The molecule has 19 heavy (non-hydrogen) atoms. The molecule has 3 N–H and O–H groups in total. The van der Waals surface area contributed by atoms with Gasteiger partial charge in [0.05, 0.1) is 6.10 Å². The van der Waals surface area contributed by atoms with Crippen molar-refractivity contribution in [3.05, 3.63) is 29.8 Å². The van der Waals surface area contributed by atoms with Crippen molar-refractivity contribution in [1.82, 2.24) is 10.2 Å². The third-order valence-corrected chi connectivity index (χ3v) is 2.97. The van der Waals surface area contributed by atoms with E-state index >= 15 is 0 Å². The Morgan fingerprint density at radius 2 is 2.00 bits per heavy atom. The highest BCUT2D eigenvalue weighted by atomic mass is 16.3. The first-order valence-corrected chi connectivity index (χ1v) is 6.54. The number of hydrogen-bond acceptors (Lipinski definition) is 3. The van der Waals surface area contributed by atoms with E-state index in [1.807, 2.05) is 7.05 Å². The van der Waals surface area contributed by atoms with E-state index in [0.29, 0.717) is 12.2 Å². The Kier molecular flexibility index (Phi) is 6.32. The lowest BCUT2D eigenvalue weighted by atomic mass is 10.1. The highest BCUT2D eigenvalue weighted by Crippen LogP contribution is 2.15. The van der Waals surface area contributed by atoms with Gasteiger partial charge < -0.3 is 20.6 Å². The van der Waals surface area contributed by atoms with Crippen molar-refractivity contribution < 1.29 is 9.90 Å². The average Bonchev–Trinajstić information content (AvgIpc) is 2.39. The zero-order valence-corrected chi connectivity index (χ0v) is 11.8. The number of amides is 2. The Labute approximate surface area is 114 Å². The number of anilines is 1. The van der Waals surface area contributed by atoms with Gasteiger partial charge >= 0.3 is 6.03 Å². The lowest BCUT2D eigenvalue weighted by Gasteiger charge is -2.14. The summed E-state index contributed by atoms with van der Waals surface area (Å²) in [4.78, 5) is 13.7. The number of benzene rings is 1. The number of carbonyl (C=O) groups excluding carboxylic acids is 1. The number of nitrogens with zero attached hydrogens (tertiary/aromatic N) is 1. The van der Waals surface area contributed by atoms with E-state index in [1.54, 1.807) is 31.2 Å². The molecule has 1 aromatic rings. The molecule has 0 bridgehead atoms. The maximum atomic E-state index is 11.6. The quantitative estimate of drug-likeness (QED) is 0.735. The summed E-state index contributed by atoms with van der Waals surface area (Å²) in [6.45, 7) is 6.18. The Morgan fingerprint density at radius 1 is 1.37 bits per heavy atom. The molecule has 0 aliphatic rings. The van der Waals surface area contributed by atoms with E-state index in [2.05, 4.69) is 22.5 Å². The van der Waals surface area contributed by atoms with Crippen LogP contribution in [0.4, 0.5) is 10.5 Å². The van der Waals surface area contributed by atoms with Gasteiger partial charge in [0.2, 0.25) is 0 Å². The summed E-state index contributed by atoms with van der Waals surface area (Å²) in [5.41, 5.74) is 1.54. The van der Waals surface area contributed by atoms with Crippen molar-refractivity contribution in [2.24, 2.45) is 0 Å². The summed E-state index contributed by atoms with van der Waals surface area (Å²) in [5, 5.41) is 14.9. The number of rotatable bonds is 6. The molecule has 1 aromatic carbocycles. The maximum Gasteiger partial charge on any atom is 0.319 e. The average molecular weight is 265 g/mol. The lowest BCUT2D eigenvalue weighted by Crippen LogP contribution is -2.35. The molecule has 2 amide bonds. The number of likely N-dealkylation sites (N-methyl/N-ethyl adjacent to an activating group) is 1. The largest absolute Gasteiger partial charge is 0.389 e. The van der Waals surface area contributed by atoms with Crippen molar-refractivity contribution in [1.29, 1.82) is 0 Å². The summed E-state index contributed by atoms with van der Waals surface area (Å²) >= 11 is 0. The highest BCUT2D eigenvalue weighted by Gasteiger charge is 2.03. The zero-order valence-electron chi connectivity index (χ0n) is 11.8. The van der Waals surface area contributed by atoms with Crippen LogP contribution in [0.2, 0.25) is 0 Å². The van der Waals surface area contributed by atoms with E-state index in [1.165, 1.54) is 0 Å². The molecule has 0 aromatic heterocycles. The topological polar surface area (TPSA) is 64.6 Å². The van der Waals surface area contributed by atoms with Gasteiger partial charge in [-0.1, -0.05) is 19.1 Å². The fraction of sp³-hybridized carbons (Fsp3) is 0.500. The molecule has 0 saturated carbocycles. The molecule has 0 fully saturated rings. The van der Waals surface area contributed by atoms with Gasteiger partial charge in [-0.05, 0) is 38.2 Å². The van der Waals surface area contributed by atoms with Crippen LogP contribution in [0.25, 0.3) is 0 Å². The molecular formula is C14H23N3O2. The van der Waals surface area contributed by atoms with Crippen LogP contribution in [-0.4, -0.2) is 42.7 Å². The van der Waals surface area contributed by atoms with Gasteiger partial charge in [-0.2, -0.15) is 0 Å². The van der Waals surface area contributed by atoms with Crippen molar-refractivity contribution in [3.63, 3.8) is 0 Å². The molecule has 0 radical (unpaired) electrons. The predicted octanol–water partition coefficient (Wildman–Crippen LogP) is 1.81. The van der Waals surface area contributed by atoms with E-state index in [0.717, 1.165) is 18.7 Å². The van der Waals surface area contributed by atoms with Crippen molar-refractivity contribution in [2.75, 3.05) is 32.0 Å². The molecule has 0 aliphatic carbocycles. The Balaban J connectivity index is 2.36. The molecule has 1 unspecified atom stereocenters. The minimum atomic E-state index is -0.493. The highest BCUT2D eigenvalue weighted by molar-refractivity contribution is 5.89. The number of carbonyl (C=O) groups is 1. The molecule has 5 nitrogen and oxygen atoms in total. The van der Waals surface area contributed by atoms with E-state index in [4.69, 9.17) is 0 Å². The number of nitrogens with one attached hydrogen (secondary N) is 2. The smallest absolute Gasteiger partial charge is 0.319 e. The number of hydrogen-bond donors (Lipinski definition) is 3. The summed E-state index contributed by atoms with van der Waals surface area (Å²) in [5.74, 6) is 0. The summed E-state index contributed by atoms with van der Waals surface area (Å²) in [6, 6.07) is 6.94. The molecular weight excluding hydrogens is 242 g/mol. The molecule has 1 atom stereocenters. The van der Waals surface area contributed by atoms with E-state index < -0.39 is 6.10 Å². The number of aliphatic hydroxyl groups excluding tert-OH is 1. The lowest BCUT2D eigenvalue weighted by molar-refractivity contribution is 0.199. The van der Waals surface area contributed by atoms with Crippen molar-refractivity contribution >= 4 is 11.7 Å². The summed E-state index contributed by atoms with van der Waals surface area (Å²) in [6.07, 6.45) is -0.493. The van der Waals surface area contributed by atoms with Crippen LogP contribution in [0, 0.1) is 0 Å². The minimum Gasteiger partial charge on any atom is -0.389 e. The van der Waals surface area contributed by atoms with Gasteiger partial charge in [0.1, 0.15) is 0 Å². The Bertz CT molecular complexity index is 390. The molecule has 0 heterocycles. The van der Waals surface area contributed by atoms with Crippen LogP contribution in [-0.2, 0) is 0 Å².